The monoisotopic (exact) mass is 294 g/mol. The summed E-state index contributed by atoms with van der Waals surface area (Å²) in [6, 6.07) is 3.11. The molecule has 1 atom stereocenters. The van der Waals surface area contributed by atoms with Gasteiger partial charge in [-0.2, -0.15) is 0 Å². The summed E-state index contributed by atoms with van der Waals surface area (Å²) in [6.07, 6.45) is 1.82. The van der Waals surface area contributed by atoms with Crippen molar-refractivity contribution in [1.82, 2.24) is 4.98 Å². The van der Waals surface area contributed by atoms with E-state index in [1.807, 2.05) is 6.92 Å². The highest BCUT2D eigenvalue weighted by Crippen LogP contribution is 2.21. The summed E-state index contributed by atoms with van der Waals surface area (Å²) in [5.74, 6) is -0.459. The number of nitrogens with zero attached hydrogens (tertiary/aromatic N) is 1. The molecular weight excluding hydrogens is 268 g/mol. The summed E-state index contributed by atoms with van der Waals surface area (Å²) in [5, 5.41) is 22.2. The Morgan fingerprint density at radius 1 is 1.38 bits per heavy atom. The van der Waals surface area contributed by atoms with Crippen molar-refractivity contribution in [3.63, 3.8) is 0 Å². The van der Waals surface area contributed by atoms with Crippen molar-refractivity contribution in [2.24, 2.45) is 5.41 Å². The molecule has 118 valence electrons. The summed E-state index contributed by atoms with van der Waals surface area (Å²) in [6.45, 7) is 8.59. The van der Waals surface area contributed by atoms with Gasteiger partial charge in [0.1, 0.15) is 5.82 Å². The fourth-order valence-electron chi connectivity index (χ4n) is 2.19. The van der Waals surface area contributed by atoms with E-state index in [-0.39, 0.29) is 11.0 Å². The van der Waals surface area contributed by atoms with Gasteiger partial charge in [0.25, 0.3) is 0 Å². The first kappa shape index (κ1) is 17.4. The van der Waals surface area contributed by atoms with Gasteiger partial charge in [0.15, 0.2) is 0 Å². The van der Waals surface area contributed by atoms with Crippen molar-refractivity contribution in [1.29, 1.82) is 0 Å². The Morgan fingerprint density at radius 3 is 2.57 bits per heavy atom. The molecule has 0 fully saturated rings. The van der Waals surface area contributed by atoms with Crippen molar-refractivity contribution in [3.05, 3.63) is 23.4 Å². The van der Waals surface area contributed by atoms with Crippen LogP contribution in [0, 0.1) is 5.41 Å². The number of anilines is 1. The predicted octanol–water partition coefficient (Wildman–Crippen LogP) is 2.94. The molecule has 21 heavy (non-hydrogen) atoms. The molecule has 0 bridgehead atoms. The van der Waals surface area contributed by atoms with Crippen LogP contribution >= 0.6 is 0 Å². The molecule has 5 nitrogen and oxygen atoms in total. The minimum absolute atomic E-state index is 0.0464. The lowest BCUT2D eigenvalue weighted by Gasteiger charge is -2.22. The molecule has 0 aromatic carbocycles. The summed E-state index contributed by atoms with van der Waals surface area (Å²) in [5.41, 5.74) is 1.02. The third-order valence-electron chi connectivity index (χ3n) is 3.00. The average Bonchev–Trinajstić information content (AvgIpc) is 2.34. The number of rotatable bonds is 7. The third kappa shape index (κ3) is 6.58. The van der Waals surface area contributed by atoms with Gasteiger partial charge in [0.2, 0.25) is 0 Å². The van der Waals surface area contributed by atoms with Gasteiger partial charge in [-0.15, -0.1) is 0 Å². The van der Waals surface area contributed by atoms with Crippen LogP contribution in [0.2, 0.25) is 0 Å². The van der Waals surface area contributed by atoms with Crippen LogP contribution in [-0.4, -0.2) is 33.8 Å². The largest absolute Gasteiger partial charge is 0.478 e. The highest BCUT2D eigenvalue weighted by atomic mass is 16.4. The highest BCUT2D eigenvalue weighted by molar-refractivity contribution is 5.88. The summed E-state index contributed by atoms with van der Waals surface area (Å²) >= 11 is 0. The van der Waals surface area contributed by atoms with E-state index in [1.54, 1.807) is 6.07 Å². The predicted molar refractivity (Wildman–Crippen MR) is 83.8 cm³/mol. The van der Waals surface area contributed by atoms with Crippen LogP contribution in [0.15, 0.2) is 12.1 Å². The van der Waals surface area contributed by atoms with Crippen LogP contribution < -0.4 is 5.32 Å². The minimum atomic E-state index is -0.965. The molecule has 0 saturated carbocycles. The van der Waals surface area contributed by atoms with E-state index in [0.29, 0.717) is 18.8 Å². The maximum atomic E-state index is 11.1. The number of carbonyl (C=O) groups is 1. The number of aliphatic hydroxyl groups excluding tert-OH is 1. The van der Waals surface area contributed by atoms with Gasteiger partial charge in [-0.3, -0.25) is 0 Å². The van der Waals surface area contributed by atoms with Gasteiger partial charge in [0, 0.05) is 12.2 Å². The third-order valence-corrected chi connectivity index (χ3v) is 3.00. The molecule has 0 aliphatic rings. The Labute approximate surface area is 126 Å². The van der Waals surface area contributed by atoms with Crippen molar-refractivity contribution in [2.75, 3.05) is 11.9 Å². The number of aryl methyl sites for hydroxylation is 1. The Balaban J connectivity index is 2.75. The second kappa shape index (κ2) is 7.41. The van der Waals surface area contributed by atoms with Gasteiger partial charge in [-0.25, -0.2) is 9.78 Å². The molecule has 0 aliphatic carbocycles. The molecule has 1 rings (SSSR count). The van der Waals surface area contributed by atoms with Crippen molar-refractivity contribution >= 4 is 11.8 Å². The lowest BCUT2D eigenvalue weighted by Crippen LogP contribution is -2.25. The van der Waals surface area contributed by atoms with Crippen LogP contribution in [0.3, 0.4) is 0 Å². The smallest absolute Gasteiger partial charge is 0.335 e. The number of carboxylic acids is 1. The van der Waals surface area contributed by atoms with E-state index < -0.39 is 12.1 Å². The molecular formula is C16H26N2O3. The normalized spacial score (nSPS) is 13.0. The second-order valence-corrected chi connectivity index (χ2v) is 6.59. The number of aromatic carboxylic acids is 1. The Kier molecular flexibility index (Phi) is 6.15. The van der Waals surface area contributed by atoms with Gasteiger partial charge < -0.3 is 15.5 Å². The number of hydrogen-bond donors (Lipinski definition) is 3. The van der Waals surface area contributed by atoms with Gasteiger partial charge in [-0.05, 0) is 30.4 Å². The Hall–Kier alpha value is -1.62. The first-order valence-corrected chi connectivity index (χ1v) is 7.37. The van der Waals surface area contributed by atoms with Crippen LogP contribution in [0.25, 0.3) is 0 Å². The highest BCUT2D eigenvalue weighted by Gasteiger charge is 2.17. The zero-order chi connectivity index (χ0) is 16.0. The number of carboxylic acid groups (broad SMARTS) is 1. The van der Waals surface area contributed by atoms with Gasteiger partial charge >= 0.3 is 5.97 Å². The molecule has 0 aliphatic heterocycles. The molecule has 1 heterocycles. The van der Waals surface area contributed by atoms with Crippen molar-refractivity contribution in [2.45, 2.75) is 53.1 Å². The topological polar surface area (TPSA) is 82.5 Å². The fourth-order valence-corrected chi connectivity index (χ4v) is 2.19. The number of hydrogen-bond acceptors (Lipinski definition) is 4. The molecule has 1 aromatic heterocycles. The first-order chi connectivity index (χ1) is 9.71. The Morgan fingerprint density at radius 2 is 2.05 bits per heavy atom. The standard InChI is InChI=1S/C16H26N2O3/c1-5-6-12-7-11(15(20)21)8-14(18-12)17-10-13(19)9-16(2,3)4/h7-8,13,19H,5-6,9-10H2,1-4H3,(H,17,18)(H,20,21). The van der Waals surface area contributed by atoms with Crippen LogP contribution in [0.5, 0.6) is 0 Å². The summed E-state index contributed by atoms with van der Waals surface area (Å²) < 4.78 is 0. The molecule has 1 aromatic rings. The number of nitrogens with one attached hydrogen (secondary N) is 1. The maximum Gasteiger partial charge on any atom is 0.335 e. The van der Waals surface area contributed by atoms with Crippen molar-refractivity contribution in [3.8, 4) is 0 Å². The Bertz CT molecular complexity index is 481. The van der Waals surface area contributed by atoms with E-state index in [4.69, 9.17) is 5.11 Å². The summed E-state index contributed by atoms with van der Waals surface area (Å²) in [4.78, 5) is 15.5. The molecule has 0 saturated heterocycles. The zero-order valence-electron chi connectivity index (χ0n) is 13.3. The van der Waals surface area contributed by atoms with E-state index in [1.165, 1.54) is 6.07 Å². The lowest BCUT2D eigenvalue weighted by molar-refractivity contribution is 0.0696. The van der Waals surface area contributed by atoms with Crippen LogP contribution in [0.4, 0.5) is 5.82 Å². The first-order valence-electron chi connectivity index (χ1n) is 7.37. The quantitative estimate of drug-likeness (QED) is 0.720. The molecule has 1 unspecified atom stereocenters. The minimum Gasteiger partial charge on any atom is -0.478 e. The van der Waals surface area contributed by atoms with Gasteiger partial charge in [-0.1, -0.05) is 34.1 Å². The van der Waals surface area contributed by atoms with E-state index in [0.717, 1.165) is 18.5 Å². The lowest BCUT2D eigenvalue weighted by atomic mass is 9.89. The fraction of sp³-hybridized carbons (Fsp3) is 0.625. The number of aliphatic hydroxyl groups is 1. The molecule has 0 radical (unpaired) electrons. The van der Waals surface area contributed by atoms with Crippen molar-refractivity contribution < 1.29 is 15.0 Å². The average molecular weight is 294 g/mol. The molecule has 0 amide bonds. The van der Waals surface area contributed by atoms with E-state index in [9.17, 15) is 9.90 Å². The van der Waals surface area contributed by atoms with E-state index >= 15 is 0 Å². The number of pyridine rings is 1. The second-order valence-electron chi connectivity index (χ2n) is 6.59. The SMILES string of the molecule is CCCc1cc(C(=O)O)cc(NCC(O)CC(C)(C)C)n1. The molecule has 3 N–H and O–H groups in total. The van der Waals surface area contributed by atoms with Crippen LogP contribution in [0.1, 0.15) is 56.6 Å². The van der Waals surface area contributed by atoms with Crippen LogP contribution in [-0.2, 0) is 6.42 Å². The number of aromatic nitrogens is 1. The molecule has 5 heteroatoms. The van der Waals surface area contributed by atoms with E-state index in [2.05, 4.69) is 31.1 Å². The molecule has 0 spiro atoms. The zero-order valence-corrected chi connectivity index (χ0v) is 13.3. The van der Waals surface area contributed by atoms with Gasteiger partial charge in [0.05, 0.1) is 11.7 Å². The maximum absolute atomic E-state index is 11.1. The summed E-state index contributed by atoms with van der Waals surface area (Å²) in [7, 11) is 0.